The molecule has 0 unspecified atom stereocenters. The van der Waals surface area contributed by atoms with E-state index in [1.54, 1.807) is 18.2 Å². The number of benzene rings is 2. The average molecular weight is 298 g/mol. The van der Waals surface area contributed by atoms with Gasteiger partial charge in [0, 0.05) is 16.6 Å². The number of rotatable bonds is 3. The Hall–Kier alpha value is -1.58. The Morgan fingerprint density at radius 1 is 1.21 bits per heavy atom. The van der Waals surface area contributed by atoms with Crippen molar-refractivity contribution in [3.05, 3.63) is 64.4 Å². The minimum atomic E-state index is -0.620. The van der Waals surface area contributed by atoms with Crippen LogP contribution >= 0.6 is 23.2 Å². The van der Waals surface area contributed by atoms with Crippen LogP contribution < -0.4 is 5.32 Å². The molecular weight excluding hydrogens is 288 g/mol. The summed E-state index contributed by atoms with van der Waals surface area (Å²) in [6, 6.07) is 10.9. The second kappa shape index (κ2) is 6.04. The number of para-hydroxylation sites is 1. The molecule has 0 spiro atoms. The minimum absolute atomic E-state index is 0.100. The Bertz CT molecular complexity index is 616. The van der Waals surface area contributed by atoms with Gasteiger partial charge in [-0.25, -0.2) is 4.39 Å². The monoisotopic (exact) mass is 297 g/mol. The van der Waals surface area contributed by atoms with E-state index < -0.39 is 11.7 Å². The lowest BCUT2D eigenvalue weighted by atomic mass is 10.1. The maximum atomic E-state index is 13.6. The van der Waals surface area contributed by atoms with Crippen LogP contribution in [0.3, 0.4) is 0 Å². The second-order valence-corrected chi connectivity index (χ2v) is 4.57. The maximum absolute atomic E-state index is 13.6. The molecule has 1 N–H and O–H groups in total. The highest BCUT2D eigenvalue weighted by Gasteiger charge is 2.13. The highest BCUT2D eigenvalue weighted by atomic mass is 35.5. The first kappa shape index (κ1) is 13.8. The van der Waals surface area contributed by atoms with Crippen LogP contribution in [0.2, 0.25) is 5.02 Å². The largest absolute Gasteiger partial charge is 0.322 e. The number of amides is 1. The quantitative estimate of drug-likeness (QED) is 0.832. The molecule has 0 aromatic heterocycles. The standard InChI is InChI=1S/C14H10Cl2FNO/c15-8-9-3-1-2-4-13(9)18-14(19)11-7-10(16)5-6-12(11)17/h1-7H,8H2,(H,18,19). The lowest BCUT2D eigenvalue weighted by molar-refractivity contribution is 0.102. The zero-order chi connectivity index (χ0) is 13.8. The molecule has 0 aliphatic rings. The number of halogens is 3. The fourth-order valence-corrected chi connectivity index (χ4v) is 2.03. The van der Waals surface area contributed by atoms with Crippen molar-refractivity contribution in [3.63, 3.8) is 0 Å². The molecule has 2 aromatic carbocycles. The van der Waals surface area contributed by atoms with E-state index >= 15 is 0 Å². The summed E-state index contributed by atoms with van der Waals surface area (Å²) >= 11 is 11.5. The van der Waals surface area contributed by atoms with Gasteiger partial charge >= 0.3 is 0 Å². The van der Waals surface area contributed by atoms with Crippen molar-refractivity contribution < 1.29 is 9.18 Å². The van der Waals surface area contributed by atoms with Crippen molar-refractivity contribution in [1.29, 1.82) is 0 Å². The highest BCUT2D eigenvalue weighted by molar-refractivity contribution is 6.31. The summed E-state index contributed by atoms with van der Waals surface area (Å²) in [6.45, 7) is 0. The van der Waals surface area contributed by atoms with Gasteiger partial charge in [0.25, 0.3) is 5.91 Å². The van der Waals surface area contributed by atoms with E-state index in [4.69, 9.17) is 23.2 Å². The molecule has 2 nitrogen and oxygen atoms in total. The van der Waals surface area contributed by atoms with Crippen LogP contribution in [0.25, 0.3) is 0 Å². The van der Waals surface area contributed by atoms with E-state index in [9.17, 15) is 9.18 Å². The third-order valence-electron chi connectivity index (χ3n) is 2.58. The van der Waals surface area contributed by atoms with Crippen molar-refractivity contribution in [1.82, 2.24) is 0 Å². The second-order valence-electron chi connectivity index (χ2n) is 3.87. The summed E-state index contributed by atoms with van der Waals surface area (Å²) in [6.07, 6.45) is 0. The third-order valence-corrected chi connectivity index (χ3v) is 3.11. The smallest absolute Gasteiger partial charge is 0.258 e. The van der Waals surface area contributed by atoms with E-state index in [-0.39, 0.29) is 11.4 Å². The first-order chi connectivity index (χ1) is 9.11. The Balaban J connectivity index is 2.28. The van der Waals surface area contributed by atoms with Gasteiger partial charge in [0.05, 0.1) is 5.56 Å². The molecule has 19 heavy (non-hydrogen) atoms. The molecule has 0 heterocycles. The molecule has 0 fully saturated rings. The molecule has 0 aliphatic carbocycles. The number of hydrogen-bond acceptors (Lipinski definition) is 1. The molecule has 0 saturated carbocycles. The van der Waals surface area contributed by atoms with Gasteiger partial charge in [0.2, 0.25) is 0 Å². The van der Waals surface area contributed by atoms with Gasteiger partial charge < -0.3 is 5.32 Å². The molecule has 1 amide bonds. The molecule has 0 atom stereocenters. The van der Waals surface area contributed by atoms with Crippen LogP contribution in [0.15, 0.2) is 42.5 Å². The molecule has 0 saturated heterocycles. The van der Waals surface area contributed by atoms with Gasteiger partial charge in [0.1, 0.15) is 5.82 Å². The molecule has 98 valence electrons. The van der Waals surface area contributed by atoms with Crippen LogP contribution in [0.1, 0.15) is 15.9 Å². The summed E-state index contributed by atoms with van der Waals surface area (Å²) in [5.41, 5.74) is 1.22. The summed E-state index contributed by atoms with van der Waals surface area (Å²) in [4.78, 5) is 12.0. The van der Waals surface area contributed by atoms with Crippen molar-refractivity contribution in [2.75, 3.05) is 5.32 Å². The number of anilines is 1. The van der Waals surface area contributed by atoms with E-state index in [0.717, 1.165) is 11.6 Å². The number of carbonyl (C=O) groups excluding carboxylic acids is 1. The molecule has 0 radical (unpaired) electrons. The molecule has 0 bridgehead atoms. The first-order valence-electron chi connectivity index (χ1n) is 5.52. The lowest BCUT2D eigenvalue weighted by Gasteiger charge is -2.09. The van der Waals surface area contributed by atoms with E-state index in [0.29, 0.717) is 10.7 Å². The molecule has 2 aromatic rings. The zero-order valence-electron chi connectivity index (χ0n) is 9.79. The summed E-state index contributed by atoms with van der Waals surface area (Å²) < 4.78 is 13.6. The van der Waals surface area contributed by atoms with Crippen molar-refractivity contribution >= 4 is 34.8 Å². The van der Waals surface area contributed by atoms with Gasteiger partial charge in [-0.05, 0) is 29.8 Å². The Labute approximate surface area is 120 Å². The zero-order valence-corrected chi connectivity index (χ0v) is 11.3. The number of hydrogen-bond donors (Lipinski definition) is 1. The predicted octanol–water partition coefficient (Wildman–Crippen LogP) is 4.47. The van der Waals surface area contributed by atoms with E-state index in [1.165, 1.54) is 12.1 Å². The summed E-state index contributed by atoms with van der Waals surface area (Å²) in [5, 5.41) is 2.93. The first-order valence-corrected chi connectivity index (χ1v) is 6.43. The van der Waals surface area contributed by atoms with Crippen molar-refractivity contribution in [3.8, 4) is 0 Å². The topological polar surface area (TPSA) is 29.1 Å². The molecule has 0 aliphatic heterocycles. The van der Waals surface area contributed by atoms with Gasteiger partial charge in [-0.3, -0.25) is 4.79 Å². The van der Waals surface area contributed by atoms with Gasteiger partial charge in [-0.2, -0.15) is 0 Å². The Morgan fingerprint density at radius 3 is 2.68 bits per heavy atom. The molecular formula is C14H10Cl2FNO. The van der Waals surface area contributed by atoms with Crippen LogP contribution in [0, 0.1) is 5.82 Å². The Kier molecular flexibility index (Phi) is 4.40. The Morgan fingerprint density at radius 2 is 1.95 bits per heavy atom. The van der Waals surface area contributed by atoms with Crippen molar-refractivity contribution in [2.45, 2.75) is 5.88 Å². The fraction of sp³-hybridized carbons (Fsp3) is 0.0714. The summed E-state index contributed by atoms with van der Waals surface area (Å²) in [5.74, 6) is -0.920. The minimum Gasteiger partial charge on any atom is -0.322 e. The van der Waals surface area contributed by atoms with E-state index in [1.807, 2.05) is 6.07 Å². The fourth-order valence-electron chi connectivity index (χ4n) is 1.62. The molecule has 2 rings (SSSR count). The average Bonchev–Trinajstić information content (AvgIpc) is 2.42. The predicted molar refractivity (Wildman–Crippen MR) is 75.4 cm³/mol. The number of alkyl halides is 1. The number of carbonyl (C=O) groups is 1. The highest BCUT2D eigenvalue weighted by Crippen LogP contribution is 2.20. The summed E-state index contributed by atoms with van der Waals surface area (Å²) in [7, 11) is 0. The van der Waals surface area contributed by atoms with Gasteiger partial charge in [-0.15, -0.1) is 11.6 Å². The van der Waals surface area contributed by atoms with Crippen LogP contribution in [-0.4, -0.2) is 5.91 Å². The SMILES string of the molecule is O=C(Nc1ccccc1CCl)c1cc(Cl)ccc1F. The number of nitrogens with one attached hydrogen (secondary N) is 1. The van der Waals surface area contributed by atoms with Gasteiger partial charge in [0.15, 0.2) is 0 Å². The van der Waals surface area contributed by atoms with Gasteiger partial charge in [-0.1, -0.05) is 29.8 Å². The normalized spacial score (nSPS) is 10.3. The lowest BCUT2D eigenvalue weighted by Crippen LogP contribution is -2.14. The van der Waals surface area contributed by atoms with Crippen molar-refractivity contribution in [2.24, 2.45) is 0 Å². The molecule has 5 heteroatoms. The van der Waals surface area contributed by atoms with Crippen LogP contribution in [0.4, 0.5) is 10.1 Å². The van der Waals surface area contributed by atoms with E-state index in [2.05, 4.69) is 5.32 Å². The maximum Gasteiger partial charge on any atom is 0.258 e. The third kappa shape index (κ3) is 3.25. The van der Waals surface area contributed by atoms with Crippen LogP contribution in [0.5, 0.6) is 0 Å². The van der Waals surface area contributed by atoms with Crippen LogP contribution in [-0.2, 0) is 5.88 Å².